The molecule has 0 aliphatic carbocycles. The topological polar surface area (TPSA) is 101 Å². The van der Waals surface area contributed by atoms with E-state index in [9.17, 15) is 5.11 Å². The Bertz CT molecular complexity index is 1060. The molecular weight excluding hydrogens is 490 g/mol. The van der Waals surface area contributed by atoms with Gasteiger partial charge in [-0.15, -0.1) is 0 Å². The summed E-state index contributed by atoms with van der Waals surface area (Å²) < 4.78 is 16.9. The maximum absolute atomic E-state index is 9.19. The van der Waals surface area contributed by atoms with Crippen molar-refractivity contribution in [2.24, 2.45) is 0 Å². The number of ether oxygens (including phenoxy) is 3. The van der Waals surface area contributed by atoms with E-state index in [2.05, 4.69) is 36.5 Å². The molecule has 0 aliphatic heterocycles. The summed E-state index contributed by atoms with van der Waals surface area (Å²) in [5.41, 5.74) is 2.68. The molecule has 9 nitrogen and oxygen atoms in total. The molecule has 0 saturated carbocycles. The van der Waals surface area contributed by atoms with E-state index in [1.807, 2.05) is 36.2 Å². The zero-order valence-electron chi connectivity index (χ0n) is 19.1. The first-order chi connectivity index (χ1) is 16.0. The van der Waals surface area contributed by atoms with Gasteiger partial charge in [0.1, 0.15) is 5.82 Å². The van der Waals surface area contributed by atoms with Gasteiger partial charge in [0.15, 0.2) is 11.5 Å². The summed E-state index contributed by atoms with van der Waals surface area (Å²) in [5.74, 6) is 2.56. The van der Waals surface area contributed by atoms with E-state index in [4.69, 9.17) is 14.2 Å². The first-order valence-corrected chi connectivity index (χ1v) is 11.0. The average molecular weight is 518 g/mol. The Kier molecular flexibility index (Phi) is 8.70. The van der Waals surface area contributed by atoms with Gasteiger partial charge in [-0.05, 0) is 34.6 Å². The standard InChI is InChI=1S/C23H28BrN5O4/c1-29(9-10-30)14-15-7-5-6-8-18(15)27-22-17(24)13-25-23(28-22)26-16-11-19(31-2)21(33-4)20(12-16)32-3/h5-8,11-13,30H,9-10,14H2,1-4H3,(H2,25,26,27,28). The van der Waals surface area contributed by atoms with Gasteiger partial charge < -0.3 is 30.0 Å². The van der Waals surface area contributed by atoms with E-state index in [0.717, 1.165) is 15.7 Å². The highest BCUT2D eigenvalue weighted by molar-refractivity contribution is 9.10. The van der Waals surface area contributed by atoms with Crippen molar-refractivity contribution in [2.45, 2.75) is 6.54 Å². The Morgan fingerprint density at radius 2 is 1.73 bits per heavy atom. The second-order valence-electron chi connectivity index (χ2n) is 7.17. The van der Waals surface area contributed by atoms with Gasteiger partial charge in [0, 0.05) is 42.8 Å². The Hall–Kier alpha value is -3.08. The highest BCUT2D eigenvalue weighted by Gasteiger charge is 2.15. The lowest BCUT2D eigenvalue weighted by molar-refractivity contribution is 0.217. The van der Waals surface area contributed by atoms with Crippen LogP contribution in [0.5, 0.6) is 17.2 Å². The number of benzene rings is 2. The number of anilines is 4. The van der Waals surface area contributed by atoms with Crippen LogP contribution in [0.15, 0.2) is 47.1 Å². The number of nitrogens with one attached hydrogen (secondary N) is 2. The van der Waals surface area contributed by atoms with Crippen LogP contribution in [-0.2, 0) is 6.54 Å². The highest BCUT2D eigenvalue weighted by Crippen LogP contribution is 2.40. The third-order valence-electron chi connectivity index (χ3n) is 4.86. The van der Waals surface area contributed by atoms with Crippen molar-refractivity contribution in [3.05, 3.63) is 52.6 Å². The minimum absolute atomic E-state index is 0.111. The predicted octanol–water partition coefficient (Wildman–Crippen LogP) is 4.18. The molecule has 0 atom stereocenters. The second kappa shape index (κ2) is 11.7. The molecule has 0 unspecified atom stereocenters. The number of methoxy groups -OCH3 is 3. The van der Waals surface area contributed by atoms with Crippen LogP contribution in [0.25, 0.3) is 0 Å². The minimum Gasteiger partial charge on any atom is -0.493 e. The Morgan fingerprint density at radius 1 is 1.03 bits per heavy atom. The summed E-state index contributed by atoms with van der Waals surface area (Å²) in [7, 11) is 6.65. The van der Waals surface area contributed by atoms with E-state index in [0.29, 0.717) is 47.8 Å². The van der Waals surface area contributed by atoms with E-state index < -0.39 is 0 Å². The van der Waals surface area contributed by atoms with Crippen molar-refractivity contribution < 1.29 is 19.3 Å². The van der Waals surface area contributed by atoms with Gasteiger partial charge in [-0.3, -0.25) is 4.90 Å². The molecule has 10 heteroatoms. The van der Waals surface area contributed by atoms with Gasteiger partial charge in [-0.1, -0.05) is 18.2 Å². The quantitative estimate of drug-likeness (QED) is 0.345. The summed E-state index contributed by atoms with van der Waals surface area (Å²) >= 11 is 3.52. The molecule has 33 heavy (non-hydrogen) atoms. The molecule has 0 aliphatic rings. The number of hydrogen-bond acceptors (Lipinski definition) is 9. The van der Waals surface area contributed by atoms with Crippen LogP contribution < -0.4 is 24.8 Å². The van der Waals surface area contributed by atoms with Crippen molar-refractivity contribution in [3.63, 3.8) is 0 Å². The molecule has 176 valence electrons. The molecule has 3 rings (SSSR count). The summed E-state index contributed by atoms with van der Waals surface area (Å²) in [5, 5.41) is 15.8. The van der Waals surface area contributed by atoms with Crippen LogP contribution in [-0.4, -0.2) is 61.5 Å². The lowest BCUT2D eigenvalue weighted by atomic mass is 10.1. The normalized spacial score (nSPS) is 10.8. The molecule has 1 aromatic heterocycles. The maximum Gasteiger partial charge on any atom is 0.229 e. The lowest BCUT2D eigenvalue weighted by Gasteiger charge is -2.19. The minimum atomic E-state index is 0.111. The number of para-hydroxylation sites is 1. The zero-order valence-corrected chi connectivity index (χ0v) is 20.6. The monoisotopic (exact) mass is 517 g/mol. The van der Waals surface area contributed by atoms with Gasteiger partial charge in [0.2, 0.25) is 11.7 Å². The zero-order chi connectivity index (χ0) is 23.8. The number of likely N-dealkylation sites (N-methyl/N-ethyl adjacent to an activating group) is 1. The van der Waals surface area contributed by atoms with Crippen LogP contribution in [0, 0.1) is 0 Å². The maximum atomic E-state index is 9.19. The molecule has 0 bridgehead atoms. The number of rotatable bonds is 11. The van der Waals surface area contributed by atoms with Gasteiger partial charge >= 0.3 is 0 Å². The SMILES string of the molecule is COc1cc(Nc2ncc(Br)c(Nc3ccccc3CN(C)CCO)n2)cc(OC)c1OC. The highest BCUT2D eigenvalue weighted by atomic mass is 79.9. The molecule has 1 heterocycles. The number of aliphatic hydroxyl groups excluding tert-OH is 1. The first kappa shape index (κ1) is 24.6. The third kappa shape index (κ3) is 6.25. The molecule has 0 spiro atoms. The van der Waals surface area contributed by atoms with Crippen LogP contribution in [0.2, 0.25) is 0 Å². The van der Waals surface area contributed by atoms with E-state index >= 15 is 0 Å². The Labute approximate surface area is 201 Å². The molecule has 0 amide bonds. The molecule has 3 N–H and O–H groups in total. The largest absolute Gasteiger partial charge is 0.493 e. The van der Waals surface area contributed by atoms with E-state index in [1.165, 1.54) is 0 Å². The number of aromatic nitrogens is 2. The number of aliphatic hydroxyl groups is 1. The number of nitrogens with zero attached hydrogens (tertiary/aromatic N) is 3. The molecule has 0 radical (unpaired) electrons. The average Bonchev–Trinajstić information content (AvgIpc) is 2.81. The van der Waals surface area contributed by atoms with Crippen LogP contribution in [0.3, 0.4) is 0 Å². The summed E-state index contributed by atoms with van der Waals surface area (Å²) in [6.07, 6.45) is 1.68. The van der Waals surface area contributed by atoms with Crippen molar-refractivity contribution in [3.8, 4) is 17.2 Å². The predicted molar refractivity (Wildman–Crippen MR) is 132 cm³/mol. The number of halogens is 1. The molecule has 3 aromatic rings. The summed E-state index contributed by atoms with van der Waals surface area (Å²) in [6, 6.07) is 11.5. The Morgan fingerprint density at radius 3 is 2.36 bits per heavy atom. The van der Waals surface area contributed by atoms with Gasteiger partial charge in [0.05, 0.1) is 32.4 Å². The van der Waals surface area contributed by atoms with Crippen LogP contribution >= 0.6 is 15.9 Å². The molecular formula is C23H28BrN5O4. The van der Waals surface area contributed by atoms with Crippen molar-refractivity contribution in [1.82, 2.24) is 14.9 Å². The fourth-order valence-electron chi connectivity index (χ4n) is 3.25. The molecule has 0 fully saturated rings. The van der Waals surface area contributed by atoms with Gasteiger partial charge in [-0.25, -0.2) is 4.98 Å². The summed E-state index contributed by atoms with van der Waals surface area (Å²) in [4.78, 5) is 11.0. The fraction of sp³-hybridized carbons (Fsp3) is 0.304. The first-order valence-electron chi connectivity index (χ1n) is 10.2. The van der Waals surface area contributed by atoms with Crippen molar-refractivity contribution in [1.29, 1.82) is 0 Å². The second-order valence-corrected chi connectivity index (χ2v) is 8.03. The third-order valence-corrected chi connectivity index (χ3v) is 5.44. The van der Waals surface area contributed by atoms with Crippen molar-refractivity contribution in [2.75, 3.05) is 52.2 Å². The molecule has 0 saturated heterocycles. The molecule has 2 aromatic carbocycles. The smallest absolute Gasteiger partial charge is 0.229 e. The van der Waals surface area contributed by atoms with Crippen LogP contribution in [0.4, 0.5) is 23.1 Å². The number of hydrogen-bond donors (Lipinski definition) is 3. The summed E-state index contributed by atoms with van der Waals surface area (Å²) in [6.45, 7) is 1.39. The van der Waals surface area contributed by atoms with Gasteiger partial charge in [-0.2, -0.15) is 4.98 Å². The van der Waals surface area contributed by atoms with E-state index in [1.54, 1.807) is 39.7 Å². The van der Waals surface area contributed by atoms with E-state index in [-0.39, 0.29) is 6.61 Å². The van der Waals surface area contributed by atoms with Crippen LogP contribution in [0.1, 0.15) is 5.56 Å². The van der Waals surface area contributed by atoms with Gasteiger partial charge in [0.25, 0.3) is 0 Å². The Balaban J connectivity index is 1.86. The van der Waals surface area contributed by atoms with Crippen molar-refractivity contribution >= 4 is 39.1 Å². The fourth-order valence-corrected chi connectivity index (χ4v) is 3.54. The lowest BCUT2D eigenvalue weighted by Crippen LogP contribution is -2.22.